The molecule has 1 atom stereocenters. The van der Waals surface area contributed by atoms with E-state index in [9.17, 15) is 9.18 Å². The highest BCUT2D eigenvalue weighted by atomic mass is 19.1. The van der Waals surface area contributed by atoms with Crippen LogP contribution in [0.4, 0.5) is 4.39 Å². The quantitative estimate of drug-likeness (QED) is 0.516. The van der Waals surface area contributed by atoms with Crippen molar-refractivity contribution in [2.75, 3.05) is 0 Å². The van der Waals surface area contributed by atoms with Crippen molar-refractivity contribution < 1.29 is 23.4 Å². The van der Waals surface area contributed by atoms with Gasteiger partial charge in [0.25, 0.3) is 5.71 Å². The monoisotopic (exact) mass is 393 g/mol. The van der Waals surface area contributed by atoms with E-state index in [0.29, 0.717) is 23.4 Å². The molecular formula is C21H16FN3O4. The molecule has 0 saturated heterocycles. The fourth-order valence-corrected chi connectivity index (χ4v) is 2.74. The number of benzene rings is 2. The molecule has 29 heavy (non-hydrogen) atoms. The lowest BCUT2D eigenvalue weighted by Crippen LogP contribution is -2.12. The van der Waals surface area contributed by atoms with E-state index in [1.165, 1.54) is 18.3 Å². The second kappa shape index (κ2) is 7.67. The number of aromatic nitrogens is 3. The van der Waals surface area contributed by atoms with Gasteiger partial charge in [-0.1, -0.05) is 31.2 Å². The van der Waals surface area contributed by atoms with Crippen molar-refractivity contribution in [3.05, 3.63) is 66.1 Å². The van der Waals surface area contributed by atoms with Crippen LogP contribution in [0.25, 0.3) is 22.7 Å². The Labute approximate surface area is 164 Å². The van der Waals surface area contributed by atoms with Crippen molar-refractivity contribution in [3.63, 3.8) is 0 Å². The number of carbonyl (C=O) groups is 1. The minimum absolute atomic E-state index is 0.0118. The Morgan fingerprint density at radius 1 is 1.17 bits per heavy atom. The van der Waals surface area contributed by atoms with E-state index in [0.717, 1.165) is 5.56 Å². The standard InChI is InChI=1S/C21H16FN3O4/c1-12(20(26)27)10-13-6-8-14(9-7-13)18-24-16-11-23-21(25-19(16)29-18)28-17-5-3-2-4-15(17)22/h2-9,11-12H,10H2,1H3,(H,26,27). The maximum absolute atomic E-state index is 13.7. The molecule has 2 heterocycles. The third kappa shape index (κ3) is 4.06. The molecule has 0 fully saturated rings. The summed E-state index contributed by atoms with van der Waals surface area (Å²) < 4.78 is 24.8. The molecule has 0 aliphatic heterocycles. The molecule has 0 bridgehead atoms. The maximum atomic E-state index is 13.7. The van der Waals surface area contributed by atoms with Crippen LogP contribution in [0.15, 0.2) is 59.1 Å². The summed E-state index contributed by atoms with van der Waals surface area (Å²) in [5.41, 5.74) is 2.26. The molecule has 2 aromatic heterocycles. The molecule has 0 aliphatic rings. The maximum Gasteiger partial charge on any atom is 0.325 e. The molecule has 0 radical (unpaired) electrons. The van der Waals surface area contributed by atoms with Gasteiger partial charge in [0.15, 0.2) is 11.6 Å². The number of halogens is 1. The first-order chi connectivity index (χ1) is 14.0. The summed E-state index contributed by atoms with van der Waals surface area (Å²) in [5.74, 6) is -1.46. The number of nitrogens with zero attached hydrogens (tertiary/aromatic N) is 3. The topological polar surface area (TPSA) is 98.3 Å². The number of para-hydroxylation sites is 1. The fraction of sp³-hybridized carbons (Fsp3) is 0.143. The van der Waals surface area contributed by atoms with E-state index in [4.69, 9.17) is 14.3 Å². The molecule has 8 heteroatoms. The normalized spacial score (nSPS) is 12.1. The molecule has 0 aliphatic carbocycles. The van der Waals surface area contributed by atoms with E-state index in [1.807, 2.05) is 12.1 Å². The van der Waals surface area contributed by atoms with Crippen molar-refractivity contribution in [2.45, 2.75) is 13.3 Å². The van der Waals surface area contributed by atoms with Gasteiger partial charge >= 0.3 is 12.0 Å². The number of fused-ring (bicyclic) bond motifs is 1. The van der Waals surface area contributed by atoms with Gasteiger partial charge in [0, 0.05) is 5.56 Å². The van der Waals surface area contributed by atoms with Crippen molar-refractivity contribution in [3.8, 4) is 23.2 Å². The van der Waals surface area contributed by atoms with Gasteiger partial charge in [0.1, 0.15) is 5.52 Å². The fourth-order valence-electron chi connectivity index (χ4n) is 2.74. The zero-order valence-electron chi connectivity index (χ0n) is 15.4. The predicted octanol–water partition coefficient (Wildman–Crippen LogP) is 4.48. The number of hydrogen-bond acceptors (Lipinski definition) is 6. The lowest BCUT2D eigenvalue weighted by atomic mass is 10.0. The Morgan fingerprint density at radius 2 is 1.93 bits per heavy atom. The lowest BCUT2D eigenvalue weighted by Gasteiger charge is -2.06. The lowest BCUT2D eigenvalue weighted by molar-refractivity contribution is -0.141. The van der Waals surface area contributed by atoms with Crippen LogP contribution < -0.4 is 4.74 Å². The third-order valence-corrected chi connectivity index (χ3v) is 4.33. The summed E-state index contributed by atoms with van der Waals surface area (Å²) in [6.45, 7) is 1.66. The number of aliphatic carboxylic acids is 1. The van der Waals surface area contributed by atoms with Gasteiger partial charge in [0.2, 0.25) is 5.89 Å². The molecule has 4 aromatic rings. The molecule has 4 rings (SSSR count). The van der Waals surface area contributed by atoms with Gasteiger partial charge in [0.05, 0.1) is 12.1 Å². The van der Waals surface area contributed by atoms with Crippen molar-refractivity contribution in [2.24, 2.45) is 5.92 Å². The van der Waals surface area contributed by atoms with Crippen LogP contribution in [-0.2, 0) is 11.2 Å². The number of carboxylic acid groups (broad SMARTS) is 1. The highest BCUT2D eigenvalue weighted by molar-refractivity contribution is 5.72. The number of carboxylic acids is 1. The van der Waals surface area contributed by atoms with Crippen molar-refractivity contribution >= 4 is 17.2 Å². The van der Waals surface area contributed by atoms with E-state index >= 15 is 0 Å². The minimum Gasteiger partial charge on any atom is -0.481 e. The van der Waals surface area contributed by atoms with Crippen LogP contribution in [0.3, 0.4) is 0 Å². The average molecular weight is 393 g/mol. The van der Waals surface area contributed by atoms with Crippen LogP contribution >= 0.6 is 0 Å². The SMILES string of the molecule is CC(Cc1ccc(-c2nc3cnc(Oc4ccccc4F)nc3o2)cc1)C(=O)O. The van der Waals surface area contributed by atoms with E-state index < -0.39 is 17.7 Å². The van der Waals surface area contributed by atoms with Crippen LogP contribution in [0.2, 0.25) is 0 Å². The highest BCUT2D eigenvalue weighted by Gasteiger charge is 2.14. The summed E-state index contributed by atoms with van der Waals surface area (Å²) in [4.78, 5) is 23.5. The summed E-state index contributed by atoms with van der Waals surface area (Å²) in [7, 11) is 0. The molecule has 0 spiro atoms. The molecule has 7 nitrogen and oxygen atoms in total. The molecule has 0 amide bonds. The highest BCUT2D eigenvalue weighted by Crippen LogP contribution is 2.26. The first-order valence-corrected chi connectivity index (χ1v) is 8.87. The zero-order chi connectivity index (χ0) is 20.4. The van der Waals surface area contributed by atoms with E-state index in [-0.39, 0.29) is 17.5 Å². The van der Waals surface area contributed by atoms with Gasteiger partial charge in [-0.15, -0.1) is 0 Å². The zero-order valence-corrected chi connectivity index (χ0v) is 15.4. The Morgan fingerprint density at radius 3 is 2.66 bits per heavy atom. The smallest absolute Gasteiger partial charge is 0.325 e. The molecule has 1 N–H and O–H groups in total. The molecule has 146 valence electrons. The van der Waals surface area contributed by atoms with Gasteiger partial charge in [-0.05, 0) is 36.2 Å². The van der Waals surface area contributed by atoms with E-state index in [2.05, 4.69) is 15.0 Å². The summed E-state index contributed by atoms with van der Waals surface area (Å²) in [6, 6.07) is 13.2. The third-order valence-electron chi connectivity index (χ3n) is 4.33. The van der Waals surface area contributed by atoms with Gasteiger partial charge in [-0.25, -0.2) is 14.4 Å². The molecular weight excluding hydrogens is 377 g/mol. The Hall–Kier alpha value is -3.81. The molecule has 1 unspecified atom stereocenters. The largest absolute Gasteiger partial charge is 0.481 e. The number of oxazole rings is 1. The average Bonchev–Trinajstić information content (AvgIpc) is 3.13. The summed E-state index contributed by atoms with van der Waals surface area (Å²) in [6.07, 6.45) is 1.87. The number of hydrogen-bond donors (Lipinski definition) is 1. The van der Waals surface area contributed by atoms with Crippen LogP contribution in [-0.4, -0.2) is 26.0 Å². The van der Waals surface area contributed by atoms with Gasteiger partial charge < -0.3 is 14.3 Å². The minimum atomic E-state index is -0.833. The predicted molar refractivity (Wildman–Crippen MR) is 102 cm³/mol. The van der Waals surface area contributed by atoms with Crippen molar-refractivity contribution in [1.29, 1.82) is 0 Å². The Kier molecular flexibility index (Phi) is 4.90. The summed E-state index contributed by atoms with van der Waals surface area (Å²) >= 11 is 0. The Bertz CT molecular complexity index is 1170. The molecule has 2 aromatic carbocycles. The van der Waals surface area contributed by atoms with Crippen LogP contribution in [0.1, 0.15) is 12.5 Å². The Balaban J connectivity index is 1.56. The second-order valence-electron chi connectivity index (χ2n) is 6.53. The second-order valence-corrected chi connectivity index (χ2v) is 6.53. The first kappa shape index (κ1) is 18.5. The number of rotatable bonds is 6. The van der Waals surface area contributed by atoms with E-state index in [1.54, 1.807) is 31.2 Å². The van der Waals surface area contributed by atoms with Crippen LogP contribution in [0.5, 0.6) is 11.8 Å². The summed E-state index contributed by atoms with van der Waals surface area (Å²) in [5, 5.41) is 9.02. The van der Waals surface area contributed by atoms with Crippen molar-refractivity contribution in [1.82, 2.24) is 15.0 Å². The van der Waals surface area contributed by atoms with Crippen LogP contribution in [0, 0.1) is 11.7 Å². The van der Waals surface area contributed by atoms with Gasteiger partial charge in [-0.3, -0.25) is 4.79 Å². The molecule has 0 saturated carbocycles. The first-order valence-electron chi connectivity index (χ1n) is 8.87. The number of ether oxygens (including phenoxy) is 1. The van der Waals surface area contributed by atoms with Gasteiger partial charge in [-0.2, -0.15) is 4.98 Å².